The molecule has 0 saturated carbocycles. The van der Waals surface area contributed by atoms with Crippen LogP contribution in [0.5, 0.6) is 0 Å². The molecule has 0 saturated heterocycles. The first kappa shape index (κ1) is 12.1. The molecule has 5 heteroatoms. The average Bonchev–Trinajstić information content (AvgIpc) is 2.82. The Bertz CT molecular complexity index is 471. The van der Waals surface area contributed by atoms with Crippen molar-refractivity contribution in [2.24, 2.45) is 0 Å². The molecule has 1 atom stereocenters. The minimum atomic E-state index is -0.782. The van der Waals surface area contributed by atoms with E-state index in [0.717, 1.165) is 9.77 Å². The van der Waals surface area contributed by atoms with E-state index < -0.39 is 5.97 Å². The molecular formula is C12H11NO2S2. The number of pyridine rings is 1. The fraction of sp³-hybridized carbons (Fsp3) is 0.167. The average molecular weight is 265 g/mol. The Kier molecular flexibility index (Phi) is 4.17. The Balaban J connectivity index is 2.16. The summed E-state index contributed by atoms with van der Waals surface area (Å²) in [6, 6.07) is 7.71. The van der Waals surface area contributed by atoms with Gasteiger partial charge in [0.05, 0.1) is 10.6 Å². The molecule has 0 fully saturated rings. The number of carboxylic acids is 1. The summed E-state index contributed by atoms with van der Waals surface area (Å²) in [6.45, 7) is 0. The Labute approximate surface area is 108 Å². The van der Waals surface area contributed by atoms with Gasteiger partial charge in [-0.1, -0.05) is 6.07 Å². The molecule has 2 rings (SSSR count). The molecule has 0 aromatic carbocycles. The van der Waals surface area contributed by atoms with Crippen LogP contribution in [-0.4, -0.2) is 16.1 Å². The van der Waals surface area contributed by atoms with Gasteiger partial charge in [0.15, 0.2) is 0 Å². The molecular weight excluding hydrogens is 254 g/mol. The van der Waals surface area contributed by atoms with Crippen LogP contribution in [0.25, 0.3) is 0 Å². The molecule has 0 aliphatic carbocycles. The first-order chi connectivity index (χ1) is 8.25. The molecule has 0 radical (unpaired) electrons. The van der Waals surface area contributed by atoms with Crippen molar-refractivity contribution in [2.75, 3.05) is 0 Å². The fourth-order valence-corrected chi connectivity index (χ4v) is 3.58. The number of carboxylic acid groups (broad SMARTS) is 1. The smallest absolute Gasteiger partial charge is 0.304 e. The van der Waals surface area contributed by atoms with E-state index in [9.17, 15) is 4.79 Å². The molecule has 3 nitrogen and oxygen atoms in total. The van der Waals surface area contributed by atoms with Gasteiger partial charge in [0.2, 0.25) is 0 Å². The lowest BCUT2D eigenvalue weighted by atomic mass is 10.1. The lowest BCUT2D eigenvalue weighted by molar-refractivity contribution is -0.137. The van der Waals surface area contributed by atoms with Crippen molar-refractivity contribution in [3.8, 4) is 0 Å². The second kappa shape index (κ2) is 5.84. The van der Waals surface area contributed by atoms with Crippen LogP contribution in [0.1, 0.15) is 17.2 Å². The summed E-state index contributed by atoms with van der Waals surface area (Å²) in [4.78, 5) is 14.8. The first-order valence-electron chi connectivity index (χ1n) is 5.07. The zero-order chi connectivity index (χ0) is 12.1. The highest BCUT2D eigenvalue weighted by Crippen LogP contribution is 2.39. The van der Waals surface area contributed by atoms with Crippen molar-refractivity contribution < 1.29 is 9.90 Å². The van der Waals surface area contributed by atoms with Gasteiger partial charge in [0.1, 0.15) is 0 Å². The van der Waals surface area contributed by atoms with Crippen LogP contribution in [0.4, 0.5) is 0 Å². The van der Waals surface area contributed by atoms with E-state index in [1.165, 1.54) is 0 Å². The van der Waals surface area contributed by atoms with Crippen molar-refractivity contribution in [3.63, 3.8) is 0 Å². The zero-order valence-electron chi connectivity index (χ0n) is 8.95. The van der Waals surface area contributed by atoms with E-state index in [4.69, 9.17) is 5.11 Å². The van der Waals surface area contributed by atoms with Gasteiger partial charge < -0.3 is 5.11 Å². The van der Waals surface area contributed by atoms with Gasteiger partial charge in [-0.25, -0.2) is 0 Å². The molecule has 0 spiro atoms. The highest BCUT2D eigenvalue weighted by atomic mass is 32.2. The number of aromatic nitrogens is 1. The molecule has 2 aromatic heterocycles. The van der Waals surface area contributed by atoms with Gasteiger partial charge in [0, 0.05) is 17.6 Å². The van der Waals surface area contributed by atoms with E-state index in [0.29, 0.717) is 0 Å². The monoisotopic (exact) mass is 265 g/mol. The normalized spacial score (nSPS) is 12.2. The van der Waals surface area contributed by atoms with Crippen LogP contribution < -0.4 is 0 Å². The maximum atomic E-state index is 10.9. The lowest BCUT2D eigenvalue weighted by Gasteiger charge is -2.13. The van der Waals surface area contributed by atoms with Crippen LogP contribution in [0.2, 0.25) is 0 Å². The first-order valence-corrected chi connectivity index (χ1v) is 6.83. The fourth-order valence-electron chi connectivity index (χ4n) is 1.44. The Morgan fingerprint density at radius 3 is 2.76 bits per heavy atom. The third kappa shape index (κ3) is 3.57. The zero-order valence-corrected chi connectivity index (χ0v) is 10.6. The van der Waals surface area contributed by atoms with Gasteiger partial charge in [-0.15, -0.1) is 23.1 Å². The largest absolute Gasteiger partial charge is 0.481 e. The molecule has 1 N–H and O–H groups in total. The summed E-state index contributed by atoms with van der Waals surface area (Å²) in [5, 5.41) is 10.9. The van der Waals surface area contributed by atoms with Gasteiger partial charge in [0.25, 0.3) is 0 Å². The summed E-state index contributed by atoms with van der Waals surface area (Å²) >= 11 is 3.21. The molecule has 1 unspecified atom stereocenters. The number of nitrogens with zero attached hydrogens (tertiary/aromatic N) is 1. The Morgan fingerprint density at radius 1 is 1.41 bits per heavy atom. The van der Waals surface area contributed by atoms with Crippen molar-refractivity contribution in [1.82, 2.24) is 4.98 Å². The van der Waals surface area contributed by atoms with Gasteiger partial charge in [-0.2, -0.15) is 0 Å². The SMILES string of the molecule is O=C(O)CC(Sc1cccs1)c1ccncc1. The highest BCUT2D eigenvalue weighted by Gasteiger charge is 2.17. The van der Waals surface area contributed by atoms with Crippen LogP contribution in [0.3, 0.4) is 0 Å². The predicted molar refractivity (Wildman–Crippen MR) is 69.4 cm³/mol. The molecule has 0 aliphatic heterocycles. The highest BCUT2D eigenvalue weighted by molar-refractivity contribution is 8.01. The van der Waals surface area contributed by atoms with E-state index in [2.05, 4.69) is 4.98 Å². The van der Waals surface area contributed by atoms with Gasteiger partial charge >= 0.3 is 5.97 Å². The summed E-state index contributed by atoms with van der Waals surface area (Å²) < 4.78 is 1.13. The Morgan fingerprint density at radius 2 is 2.18 bits per heavy atom. The number of thiophene rings is 1. The quantitative estimate of drug-likeness (QED) is 0.841. The number of rotatable bonds is 5. The van der Waals surface area contributed by atoms with E-state index >= 15 is 0 Å². The van der Waals surface area contributed by atoms with Crippen LogP contribution in [-0.2, 0) is 4.79 Å². The van der Waals surface area contributed by atoms with Gasteiger partial charge in [-0.05, 0) is 29.1 Å². The van der Waals surface area contributed by atoms with E-state index in [1.807, 2.05) is 29.6 Å². The van der Waals surface area contributed by atoms with Crippen LogP contribution in [0.15, 0.2) is 46.2 Å². The number of hydrogen-bond donors (Lipinski definition) is 1. The summed E-state index contributed by atoms with van der Waals surface area (Å²) in [7, 11) is 0. The second-order valence-corrected chi connectivity index (χ2v) is 5.87. The summed E-state index contributed by atoms with van der Waals surface area (Å²) in [6.07, 6.45) is 3.50. The molecule has 0 amide bonds. The minimum Gasteiger partial charge on any atom is -0.481 e. The van der Waals surface area contributed by atoms with E-state index in [-0.39, 0.29) is 11.7 Å². The lowest BCUT2D eigenvalue weighted by Crippen LogP contribution is -2.03. The predicted octanol–water partition coefficient (Wildman–Crippen LogP) is 3.45. The standard InChI is InChI=1S/C12H11NO2S2/c14-11(15)8-10(9-3-5-13-6-4-9)17-12-2-1-7-16-12/h1-7,10H,8H2,(H,14,15). The summed E-state index contributed by atoms with van der Waals surface area (Å²) in [5.41, 5.74) is 1.00. The van der Waals surface area contributed by atoms with Crippen molar-refractivity contribution >= 4 is 29.1 Å². The third-order valence-corrected chi connectivity index (χ3v) is 4.52. The number of hydrogen-bond acceptors (Lipinski definition) is 4. The third-order valence-electron chi connectivity index (χ3n) is 2.19. The van der Waals surface area contributed by atoms with Crippen LogP contribution >= 0.6 is 23.1 Å². The minimum absolute atomic E-state index is 0.0610. The van der Waals surface area contributed by atoms with E-state index in [1.54, 1.807) is 35.5 Å². The van der Waals surface area contributed by atoms with Crippen LogP contribution in [0, 0.1) is 0 Å². The molecule has 17 heavy (non-hydrogen) atoms. The molecule has 0 bridgehead atoms. The molecule has 2 heterocycles. The van der Waals surface area contributed by atoms with Gasteiger partial charge in [-0.3, -0.25) is 9.78 Å². The maximum Gasteiger partial charge on any atom is 0.304 e. The Hall–Kier alpha value is -1.33. The molecule has 2 aromatic rings. The number of aliphatic carboxylic acids is 1. The van der Waals surface area contributed by atoms with Crippen molar-refractivity contribution in [3.05, 3.63) is 47.6 Å². The van der Waals surface area contributed by atoms with Crippen molar-refractivity contribution in [2.45, 2.75) is 15.9 Å². The van der Waals surface area contributed by atoms with Crippen molar-refractivity contribution in [1.29, 1.82) is 0 Å². The summed E-state index contributed by atoms with van der Waals surface area (Å²) in [5.74, 6) is -0.782. The molecule has 0 aliphatic rings. The molecule has 88 valence electrons. The second-order valence-electron chi connectivity index (χ2n) is 3.42. The maximum absolute atomic E-state index is 10.9. The topological polar surface area (TPSA) is 50.2 Å². The number of thioether (sulfide) groups is 1. The number of carbonyl (C=O) groups is 1.